The quantitative estimate of drug-likeness (QED) is 0.418. The van der Waals surface area contributed by atoms with E-state index < -0.39 is 22.6 Å². The number of anilines is 2. The lowest BCUT2D eigenvalue weighted by molar-refractivity contribution is -0.140. The van der Waals surface area contributed by atoms with Gasteiger partial charge < -0.3 is 25.5 Å². The third-order valence-electron chi connectivity index (χ3n) is 8.18. The molecule has 1 spiro atoms. The number of benzene rings is 1. The number of nitrogens with one attached hydrogen (secondary N) is 2. The number of amides is 3. The highest BCUT2D eigenvalue weighted by atomic mass is 32.2. The first-order valence-electron chi connectivity index (χ1n) is 13.3. The molecule has 198 valence electrons. The number of hydrogen-bond acceptors (Lipinski definition) is 6. The molecule has 5 atom stereocenters. The fourth-order valence-electron chi connectivity index (χ4n) is 6.52. The molecular formula is C27H40N4O4S. The number of likely N-dealkylation sites (tertiary alicyclic amines) is 1. The summed E-state index contributed by atoms with van der Waals surface area (Å²) in [6.07, 6.45) is 2.73. The Morgan fingerprint density at radius 3 is 2.44 bits per heavy atom. The minimum absolute atomic E-state index is 0.0616. The van der Waals surface area contributed by atoms with Crippen LogP contribution < -0.4 is 15.5 Å². The number of aliphatic hydroxyl groups is 1. The lowest BCUT2D eigenvalue weighted by Gasteiger charge is -2.34. The van der Waals surface area contributed by atoms with Gasteiger partial charge in [-0.05, 0) is 70.7 Å². The van der Waals surface area contributed by atoms with Crippen LogP contribution in [0.1, 0.15) is 53.4 Å². The lowest BCUT2D eigenvalue weighted by atomic mass is 9.66. The third-order valence-corrected chi connectivity index (χ3v) is 10.2. The first kappa shape index (κ1) is 26.8. The zero-order valence-electron chi connectivity index (χ0n) is 21.9. The molecule has 36 heavy (non-hydrogen) atoms. The minimum atomic E-state index is -0.681. The van der Waals surface area contributed by atoms with Gasteiger partial charge in [0.05, 0.1) is 16.6 Å². The highest BCUT2D eigenvalue weighted by molar-refractivity contribution is 8.02. The molecule has 0 radical (unpaired) electrons. The van der Waals surface area contributed by atoms with Crippen molar-refractivity contribution < 1.29 is 19.5 Å². The second-order valence-electron chi connectivity index (χ2n) is 10.3. The SMILES string of the molecule is CCCNC(=O)[C@@H]1[C@H]2C(=O)N(CCCO)C(C(=O)Nc3ccc(N(CC)CC)cc3)C23CC[C@@]1(C)S3. The molecule has 3 N–H and O–H groups in total. The summed E-state index contributed by atoms with van der Waals surface area (Å²) < 4.78 is -1.01. The summed E-state index contributed by atoms with van der Waals surface area (Å²) in [6.45, 7) is 10.9. The van der Waals surface area contributed by atoms with Crippen LogP contribution in [0.2, 0.25) is 0 Å². The highest BCUT2D eigenvalue weighted by Gasteiger charge is 2.76. The van der Waals surface area contributed by atoms with Gasteiger partial charge in [0.1, 0.15) is 6.04 Å². The molecule has 1 aromatic carbocycles. The zero-order chi connectivity index (χ0) is 26.1. The summed E-state index contributed by atoms with van der Waals surface area (Å²) in [4.78, 5) is 44.8. The van der Waals surface area contributed by atoms with E-state index in [1.54, 1.807) is 16.7 Å². The number of aliphatic hydroxyl groups excluding tert-OH is 1. The number of fused-ring (bicyclic) bond motifs is 1. The maximum absolute atomic E-state index is 13.9. The molecule has 0 saturated carbocycles. The predicted octanol–water partition coefficient (Wildman–Crippen LogP) is 2.86. The first-order chi connectivity index (χ1) is 17.3. The normalized spacial score (nSPS) is 30.4. The molecule has 3 saturated heterocycles. The van der Waals surface area contributed by atoms with Crippen LogP contribution in [0.5, 0.6) is 0 Å². The molecule has 3 aliphatic rings. The van der Waals surface area contributed by atoms with Crippen LogP contribution in [0.3, 0.4) is 0 Å². The highest BCUT2D eigenvalue weighted by Crippen LogP contribution is 2.71. The molecule has 2 unspecified atom stereocenters. The van der Waals surface area contributed by atoms with E-state index in [0.717, 1.165) is 38.0 Å². The van der Waals surface area contributed by atoms with Gasteiger partial charge in [0.15, 0.2) is 0 Å². The van der Waals surface area contributed by atoms with Gasteiger partial charge in [-0.3, -0.25) is 14.4 Å². The number of carbonyl (C=O) groups is 3. The summed E-state index contributed by atoms with van der Waals surface area (Å²) in [5.74, 6) is -1.42. The Hall–Kier alpha value is -2.26. The van der Waals surface area contributed by atoms with Gasteiger partial charge in [-0.2, -0.15) is 0 Å². The van der Waals surface area contributed by atoms with E-state index in [1.807, 2.05) is 31.2 Å². The van der Waals surface area contributed by atoms with Gasteiger partial charge in [0.25, 0.3) is 0 Å². The average molecular weight is 517 g/mol. The zero-order valence-corrected chi connectivity index (χ0v) is 22.7. The fourth-order valence-corrected chi connectivity index (χ4v) is 8.88. The van der Waals surface area contributed by atoms with Gasteiger partial charge in [-0.25, -0.2) is 0 Å². The second kappa shape index (κ2) is 10.6. The summed E-state index contributed by atoms with van der Waals surface area (Å²) in [5.41, 5.74) is 1.78. The van der Waals surface area contributed by atoms with Crippen LogP contribution in [-0.4, -0.2) is 76.0 Å². The van der Waals surface area contributed by atoms with Gasteiger partial charge in [-0.15, -0.1) is 11.8 Å². The summed E-state index contributed by atoms with van der Waals surface area (Å²) in [6, 6.07) is 7.12. The second-order valence-corrected chi connectivity index (χ2v) is 12.2. The monoisotopic (exact) mass is 516 g/mol. The molecule has 0 aliphatic carbocycles. The van der Waals surface area contributed by atoms with Gasteiger partial charge in [0.2, 0.25) is 17.7 Å². The van der Waals surface area contributed by atoms with Gasteiger partial charge in [0, 0.05) is 48.9 Å². The van der Waals surface area contributed by atoms with Crippen molar-refractivity contribution in [2.45, 2.75) is 68.9 Å². The maximum Gasteiger partial charge on any atom is 0.248 e. The number of rotatable bonds is 11. The molecule has 4 rings (SSSR count). The smallest absolute Gasteiger partial charge is 0.248 e. The lowest BCUT2D eigenvalue weighted by Crippen LogP contribution is -2.52. The van der Waals surface area contributed by atoms with E-state index in [0.29, 0.717) is 25.2 Å². The molecule has 3 heterocycles. The first-order valence-corrected chi connectivity index (χ1v) is 14.1. The van der Waals surface area contributed by atoms with Crippen molar-refractivity contribution in [2.75, 3.05) is 43.0 Å². The van der Waals surface area contributed by atoms with Crippen LogP contribution in [0.4, 0.5) is 11.4 Å². The molecule has 1 aromatic rings. The molecule has 9 heteroatoms. The largest absolute Gasteiger partial charge is 0.396 e. The van der Waals surface area contributed by atoms with Crippen molar-refractivity contribution in [3.05, 3.63) is 24.3 Å². The molecule has 3 aliphatic heterocycles. The third kappa shape index (κ3) is 4.38. The Morgan fingerprint density at radius 1 is 1.14 bits per heavy atom. The van der Waals surface area contributed by atoms with E-state index in [4.69, 9.17) is 0 Å². The minimum Gasteiger partial charge on any atom is -0.396 e. The van der Waals surface area contributed by atoms with Crippen LogP contribution in [0.25, 0.3) is 0 Å². The van der Waals surface area contributed by atoms with Crippen molar-refractivity contribution in [3.8, 4) is 0 Å². The van der Waals surface area contributed by atoms with Crippen molar-refractivity contribution >= 4 is 40.9 Å². The number of thioether (sulfide) groups is 1. The van der Waals surface area contributed by atoms with Crippen LogP contribution >= 0.6 is 11.8 Å². The van der Waals surface area contributed by atoms with Crippen molar-refractivity contribution in [1.29, 1.82) is 0 Å². The maximum atomic E-state index is 13.9. The average Bonchev–Trinajstić information content (AvgIpc) is 3.43. The van der Waals surface area contributed by atoms with Crippen molar-refractivity contribution in [1.82, 2.24) is 10.2 Å². The van der Waals surface area contributed by atoms with Gasteiger partial charge >= 0.3 is 0 Å². The van der Waals surface area contributed by atoms with E-state index >= 15 is 0 Å². The summed E-state index contributed by atoms with van der Waals surface area (Å²) in [7, 11) is 0. The van der Waals surface area contributed by atoms with E-state index in [1.165, 1.54) is 0 Å². The number of nitrogens with zero attached hydrogens (tertiary/aromatic N) is 2. The van der Waals surface area contributed by atoms with Crippen molar-refractivity contribution in [2.24, 2.45) is 11.8 Å². The van der Waals surface area contributed by atoms with Crippen LogP contribution in [-0.2, 0) is 14.4 Å². The molecule has 3 amide bonds. The van der Waals surface area contributed by atoms with Gasteiger partial charge in [-0.1, -0.05) is 6.92 Å². The van der Waals surface area contributed by atoms with Crippen LogP contribution in [0, 0.1) is 11.8 Å². The molecule has 3 fully saturated rings. The topological polar surface area (TPSA) is 102 Å². The summed E-state index contributed by atoms with van der Waals surface area (Å²) >= 11 is 1.67. The molecule has 0 aromatic heterocycles. The Labute approximate surface area is 218 Å². The molecule has 2 bridgehead atoms. The van der Waals surface area contributed by atoms with Crippen LogP contribution in [0.15, 0.2) is 24.3 Å². The van der Waals surface area contributed by atoms with E-state index in [9.17, 15) is 19.5 Å². The van der Waals surface area contributed by atoms with E-state index in [2.05, 4.69) is 36.3 Å². The standard InChI is InChI=1S/C27H40N4O4S/c1-5-15-28-23(33)20-21-25(35)31(16-8-17-32)22(27(21)14-13-26(20,4)36-27)24(34)29-18-9-11-19(12-10-18)30(6-2)7-3/h9-12,20-22,32H,5-8,13-17H2,1-4H3,(H,28,33)(H,29,34)/t20-,21-,22?,26+,27?/m0/s1. The Morgan fingerprint density at radius 2 is 1.83 bits per heavy atom. The Balaban J connectivity index is 1.63. The van der Waals surface area contributed by atoms with Crippen molar-refractivity contribution in [3.63, 3.8) is 0 Å². The number of carbonyl (C=O) groups excluding carboxylic acids is 3. The number of hydrogen-bond donors (Lipinski definition) is 3. The van der Waals surface area contributed by atoms with E-state index in [-0.39, 0.29) is 29.1 Å². The Kier molecular flexibility index (Phi) is 7.90. The fraction of sp³-hybridized carbons (Fsp3) is 0.667. The Bertz CT molecular complexity index is 984. The molecular weight excluding hydrogens is 476 g/mol. The summed E-state index contributed by atoms with van der Waals surface area (Å²) in [5, 5.41) is 15.6. The molecule has 8 nitrogen and oxygen atoms in total. The predicted molar refractivity (Wildman–Crippen MR) is 144 cm³/mol.